The minimum Gasteiger partial charge on any atom is -0.445 e. The SMILES string of the molecule is Cc1cc(F)c(-c2cccc3c2OC(c2ccc(C#N)cn2)O3)cc1F. The molecule has 0 aliphatic carbocycles. The third-order valence-corrected chi connectivity index (χ3v) is 4.13. The van der Waals surface area contributed by atoms with Crippen molar-refractivity contribution in [2.75, 3.05) is 0 Å². The van der Waals surface area contributed by atoms with Crippen molar-refractivity contribution in [2.24, 2.45) is 0 Å². The summed E-state index contributed by atoms with van der Waals surface area (Å²) in [5, 5.41) is 8.85. The fraction of sp³-hybridized carbons (Fsp3) is 0.100. The lowest BCUT2D eigenvalue weighted by Gasteiger charge is -2.11. The molecule has 0 N–H and O–H groups in total. The second kappa shape index (κ2) is 6.12. The van der Waals surface area contributed by atoms with E-state index in [0.29, 0.717) is 28.3 Å². The minimum atomic E-state index is -0.822. The number of hydrogen-bond acceptors (Lipinski definition) is 4. The number of aryl methyl sites for hydroxylation is 1. The molecule has 6 heteroatoms. The first-order valence-electron chi connectivity index (χ1n) is 7.85. The number of benzene rings is 2. The molecule has 0 bridgehead atoms. The second-order valence-electron chi connectivity index (χ2n) is 5.87. The Hall–Kier alpha value is -3.46. The van der Waals surface area contributed by atoms with Crippen LogP contribution in [-0.4, -0.2) is 4.98 Å². The van der Waals surface area contributed by atoms with E-state index in [0.717, 1.165) is 12.1 Å². The fourth-order valence-corrected chi connectivity index (χ4v) is 2.77. The number of nitrogens with zero attached hydrogens (tertiary/aromatic N) is 2. The summed E-state index contributed by atoms with van der Waals surface area (Å²) in [7, 11) is 0. The number of fused-ring (bicyclic) bond motifs is 1. The van der Waals surface area contributed by atoms with E-state index < -0.39 is 17.9 Å². The topological polar surface area (TPSA) is 55.1 Å². The van der Waals surface area contributed by atoms with E-state index in [4.69, 9.17) is 14.7 Å². The van der Waals surface area contributed by atoms with E-state index >= 15 is 0 Å². The van der Waals surface area contributed by atoms with Crippen LogP contribution in [0.15, 0.2) is 48.7 Å². The van der Waals surface area contributed by atoms with Crippen molar-refractivity contribution >= 4 is 0 Å². The quantitative estimate of drug-likeness (QED) is 0.673. The van der Waals surface area contributed by atoms with Crippen molar-refractivity contribution in [1.82, 2.24) is 4.98 Å². The first kappa shape index (κ1) is 16.0. The first-order chi connectivity index (χ1) is 12.6. The molecule has 1 aromatic heterocycles. The van der Waals surface area contributed by atoms with E-state index in [1.54, 1.807) is 30.3 Å². The molecule has 0 radical (unpaired) electrons. The molecule has 3 aromatic rings. The number of nitriles is 1. The largest absolute Gasteiger partial charge is 0.445 e. The van der Waals surface area contributed by atoms with Crippen molar-refractivity contribution in [3.05, 3.63) is 77.1 Å². The third kappa shape index (κ3) is 2.64. The molecule has 0 amide bonds. The molecule has 128 valence electrons. The maximum atomic E-state index is 14.4. The van der Waals surface area contributed by atoms with Gasteiger partial charge in [-0.3, -0.25) is 4.98 Å². The highest BCUT2D eigenvalue weighted by molar-refractivity contribution is 5.75. The molecule has 0 spiro atoms. The Morgan fingerprint density at radius 2 is 1.88 bits per heavy atom. The molecule has 26 heavy (non-hydrogen) atoms. The molecule has 2 aromatic carbocycles. The highest BCUT2D eigenvalue weighted by Gasteiger charge is 2.30. The minimum absolute atomic E-state index is 0.0991. The highest BCUT2D eigenvalue weighted by atomic mass is 19.1. The molecular formula is C20H12F2N2O2. The Labute approximate surface area is 148 Å². The summed E-state index contributed by atoms with van der Waals surface area (Å²) in [6.45, 7) is 1.50. The Balaban J connectivity index is 1.73. The van der Waals surface area contributed by atoms with Crippen LogP contribution >= 0.6 is 0 Å². The third-order valence-electron chi connectivity index (χ3n) is 4.13. The zero-order valence-corrected chi connectivity index (χ0v) is 13.7. The Morgan fingerprint density at radius 1 is 1.04 bits per heavy atom. The van der Waals surface area contributed by atoms with Crippen LogP contribution in [0.25, 0.3) is 11.1 Å². The van der Waals surface area contributed by atoms with E-state index in [-0.39, 0.29) is 11.1 Å². The molecule has 4 nitrogen and oxygen atoms in total. The van der Waals surface area contributed by atoms with E-state index in [1.807, 2.05) is 6.07 Å². The molecule has 2 heterocycles. The lowest BCUT2D eigenvalue weighted by molar-refractivity contribution is 0.0450. The summed E-state index contributed by atoms with van der Waals surface area (Å²) in [4.78, 5) is 4.15. The highest BCUT2D eigenvalue weighted by Crippen LogP contribution is 2.47. The number of para-hydroxylation sites is 1. The van der Waals surface area contributed by atoms with Gasteiger partial charge in [0.2, 0.25) is 0 Å². The van der Waals surface area contributed by atoms with Crippen molar-refractivity contribution in [3.63, 3.8) is 0 Å². The zero-order chi connectivity index (χ0) is 18.3. The lowest BCUT2D eigenvalue weighted by atomic mass is 10.0. The van der Waals surface area contributed by atoms with E-state index in [2.05, 4.69) is 4.98 Å². The van der Waals surface area contributed by atoms with Gasteiger partial charge < -0.3 is 9.47 Å². The number of hydrogen-bond donors (Lipinski definition) is 0. The molecule has 4 rings (SSSR count). The smallest absolute Gasteiger partial charge is 0.284 e. The summed E-state index contributed by atoms with van der Waals surface area (Å²) >= 11 is 0. The van der Waals surface area contributed by atoms with Gasteiger partial charge in [0.05, 0.1) is 5.56 Å². The predicted octanol–water partition coefficient (Wildman–Crippen LogP) is 4.68. The zero-order valence-electron chi connectivity index (χ0n) is 13.7. The predicted molar refractivity (Wildman–Crippen MR) is 89.5 cm³/mol. The Bertz CT molecular complexity index is 1040. The van der Waals surface area contributed by atoms with Gasteiger partial charge in [0.1, 0.15) is 23.4 Å². The first-order valence-corrected chi connectivity index (χ1v) is 7.85. The van der Waals surface area contributed by atoms with Crippen LogP contribution in [0.3, 0.4) is 0 Å². The molecule has 0 fully saturated rings. The van der Waals surface area contributed by atoms with Crippen molar-refractivity contribution in [3.8, 4) is 28.7 Å². The van der Waals surface area contributed by atoms with Crippen LogP contribution in [0, 0.1) is 29.9 Å². The monoisotopic (exact) mass is 350 g/mol. The van der Waals surface area contributed by atoms with Crippen LogP contribution in [-0.2, 0) is 0 Å². The van der Waals surface area contributed by atoms with Crippen LogP contribution in [0.2, 0.25) is 0 Å². The van der Waals surface area contributed by atoms with Gasteiger partial charge in [0.15, 0.2) is 11.5 Å². The summed E-state index contributed by atoms with van der Waals surface area (Å²) in [6.07, 6.45) is 0.596. The summed E-state index contributed by atoms with van der Waals surface area (Å²) in [5.41, 5.74) is 1.62. The second-order valence-corrected chi connectivity index (χ2v) is 5.87. The Morgan fingerprint density at radius 3 is 2.62 bits per heavy atom. The van der Waals surface area contributed by atoms with Gasteiger partial charge in [0.25, 0.3) is 6.29 Å². The van der Waals surface area contributed by atoms with Crippen LogP contribution < -0.4 is 9.47 Å². The summed E-state index contributed by atoms with van der Waals surface area (Å²) < 4.78 is 39.9. The van der Waals surface area contributed by atoms with Gasteiger partial charge in [-0.15, -0.1) is 0 Å². The lowest BCUT2D eigenvalue weighted by Crippen LogP contribution is -2.10. The number of rotatable bonds is 2. The van der Waals surface area contributed by atoms with Gasteiger partial charge >= 0.3 is 0 Å². The number of ether oxygens (including phenoxy) is 2. The van der Waals surface area contributed by atoms with Gasteiger partial charge in [-0.05, 0) is 42.8 Å². The molecule has 0 saturated heterocycles. The summed E-state index contributed by atoms with van der Waals surface area (Å²) in [5.74, 6) is -0.297. The van der Waals surface area contributed by atoms with Gasteiger partial charge in [-0.1, -0.05) is 12.1 Å². The Kier molecular flexibility index (Phi) is 3.77. The molecule has 1 unspecified atom stereocenters. The summed E-state index contributed by atoms with van der Waals surface area (Å²) in [6, 6.07) is 12.5. The maximum absolute atomic E-state index is 14.4. The van der Waals surface area contributed by atoms with E-state index in [1.165, 1.54) is 13.1 Å². The van der Waals surface area contributed by atoms with Crippen LogP contribution in [0.1, 0.15) is 23.1 Å². The average molecular weight is 350 g/mol. The van der Waals surface area contributed by atoms with Crippen molar-refractivity contribution in [1.29, 1.82) is 5.26 Å². The molecule has 1 atom stereocenters. The van der Waals surface area contributed by atoms with Gasteiger partial charge in [0, 0.05) is 17.3 Å². The number of pyridine rings is 1. The molecular weight excluding hydrogens is 338 g/mol. The normalized spacial score (nSPS) is 14.9. The fourth-order valence-electron chi connectivity index (χ4n) is 2.77. The van der Waals surface area contributed by atoms with Gasteiger partial charge in [-0.25, -0.2) is 8.78 Å². The molecule has 0 saturated carbocycles. The van der Waals surface area contributed by atoms with Gasteiger partial charge in [-0.2, -0.15) is 5.26 Å². The standard InChI is InChI=1S/C20H12F2N2O2/c1-11-7-16(22)14(8-15(11)21)13-3-2-4-18-19(13)26-20(25-18)17-6-5-12(9-23)10-24-17/h2-8,10,20H,1H3. The van der Waals surface area contributed by atoms with Crippen molar-refractivity contribution < 1.29 is 18.3 Å². The molecule has 1 aliphatic rings. The average Bonchev–Trinajstić information content (AvgIpc) is 3.09. The van der Waals surface area contributed by atoms with Crippen LogP contribution in [0.5, 0.6) is 11.5 Å². The maximum Gasteiger partial charge on any atom is 0.284 e. The molecule has 1 aliphatic heterocycles. The van der Waals surface area contributed by atoms with Crippen LogP contribution in [0.4, 0.5) is 8.78 Å². The van der Waals surface area contributed by atoms with E-state index in [9.17, 15) is 8.78 Å². The van der Waals surface area contributed by atoms with Crippen molar-refractivity contribution in [2.45, 2.75) is 13.2 Å². The number of halogens is 2. The number of aromatic nitrogens is 1.